The highest BCUT2D eigenvalue weighted by Gasteiger charge is 2.07. The Hall–Kier alpha value is -3.54. The summed E-state index contributed by atoms with van der Waals surface area (Å²) < 4.78 is 21.8. The van der Waals surface area contributed by atoms with Gasteiger partial charge in [-0.2, -0.15) is 0 Å². The van der Waals surface area contributed by atoms with Gasteiger partial charge in [0.1, 0.15) is 6.29 Å². The van der Waals surface area contributed by atoms with Crippen molar-refractivity contribution in [2.24, 2.45) is 0 Å². The molecule has 9 nitrogen and oxygen atoms in total. The Kier molecular flexibility index (Phi) is 31.2. The van der Waals surface area contributed by atoms with Crippen molar-refractivity contribution in [3.05, 3.63) is 73.9 Å². The lowest BCUT2D eigenvalue weighted by molar-refractivity contribution is -0.144. The molecule has 0 amide bonds. The summed E-state index contributed by atoms with van der Waals surface area (Å²) >= 11 is 2.25. The number of carbonyl (C=O) groups excluding carboxylic acids is 5. The standard InChI is InChI=1S/C24H35IO4.C23H34O5/c1-3-28-23(26)13-9-5-7-11-20-17-21(19-22(18-20)15-16-25)12-8-6-10-14-24(27)29-4-2;1-3-27-22(25)13-9-5-7-11-19-15-20(17-21(16-19)18-24)12-8-6-10-14-23(26)28-4-2/h15-19H,3-14H2,1-2H3;15-18H,3-14H2,1-2H3/b16-15+;. The molecule has 10 heteroatoms. The number of aryl methyl sites for hydroxylation is 4. The third kappa shape index (κ3) is 27.7. The van der Waals surface area contributed by atoms with Gasteiger partial charge in [0.05, 0.1) is 26.4 Å². The number of carbonyl (C=O) groups is 5. The van der Waals surface area contributed by atoms with E-state index in [1.54, 1.807) is 0 Å². The molecule has 0 saturated heterocycles. The second-order valence-electron chi connectivity index (χ2n) is 14.0. The Morgan fingerprint density at radius 3 is 0.965 bits per heavy atom. The van der Waals surface area contributed by atoms with Gasteiger partial charge in [0.15, 0.2) is 0 Å². The fraction of sp³-hybridized carbons (Fsp3) is 0.596. The first kappa shape index (κ1) is 51.5. The van der Waals surface area contributed by atoms with Gasteiger partial charge < -0.3 is 18.9 Å². The molecule has 0 radical (unpaired) electrons. The van der Waals surface area contributed by atoms with Gasteiger partial charge in [-0.15, -0.1) is 0 Å². The molecule has 0 aliphatic carbocycles. The number of halogens is 1. The lowest BCUT2D eigenvalue weighted by Gasteiger charge is -2.09. The average molecular weight is 905 g/mol. The van der Waals surface area contributed by atoms with E-state index in [2.05, 4.69) is 52.9 Å². The van der Waals surface area contributed by atoms with Crippen LogP contribution in [0.2, 0.25) is 0 Å². The topological polar surface area (TPSA) is 122 Å². The number of hydrogen-bond donors (Lipinski definition) is 0. The van der Waals surface area contributed by atoms with E-state index >= 15 is 0 Å². The lowest BCUT2D eigenvalue weighted by Crippen LogP contribution is -2.03. The fourth-order valence-electron chi connectivity index (χ4n) is 6.43. The minimum atomic E-state index is -0.129. The maximum atomic E-state index is 11.4. The molecule has 0 aliphatic rings. The van der Waals surface area contributed by atoms with Crippen LogP contribution in [0.4, 0.5) is 0 Å². The Morgan fingerprint density at radius 2 is 0.719 bits per heavy atom. The van der Waals surface area contributed by atoms with Crippen LogP contribution in [0.3, 0.4) is 0 Å². The van der Waals surface area contributed by atoms with Gasteiger partial charge in [0.2, 0.25) is 0 Å². The smallest absolute Gasteiger partial charge is 0.305 e. The highest BCUT2D eigenvalue weighted by molar-refractivity contribution is 14.1. The van der Waals surface area contributed by atoms with Crippen LogP contribution in [0.15, 0.2) is 40.5 Å². The first-order chi connectivity index (χ1) is 27.7. The maximum Gasteiger partial charge on any atom is 0.305 e. The summed E-state index contributed by atoms with van der Waals surface area (Å²) in [5, 5.41) is 0. The molecule has 2 rings (SSSR count). The van der Waals surface area contributed by atoms with E-state index in [0.717, 1.165) is 109 Å². The Labute approximate surface area is 356 Å². The van der Waals surface area contributed by atoms with Crippen molar-refractivity contribution in [2.45, 2.75) is 156 Å². The van der Waals surface area contributed by atoms with Crippen LogP contribution >= 0.6 is 22.6 Å². The molecule has 2 aromatic rings. The second kappa shape index (κ2) is 34.5. The molecule has 0 atom stereocenters. The molecular weight excluding hydrogens is 835 g/mol. The molecule has 0 fully saturated rings. The zero-order valence-electron chi connectivity index (χ0n) is 35.2. The molecule has 0 spiro atoms. The summed E-state index contributed by atoms with van der Waals surface area (Å²) in [6, 6.07) is 12.9. The predicted molar refractivity (Wildman–Crippen MR) is 237 cm³/mol. The van der Waals surface area contributed by atoms with E-state index in [4.69, 9.17) is 18.9 Å². The van der Waals surface area contributed by atoms with Crippen molar-refractivity contribution < 1.29 is 42.9 Å². The Balaban J connectivity index is 0.000000570. The summed E-state index contributed by atoms with van der Waals surface area (Å²) in [7, 11) is 0. The van der Waals surface area contributed by atoms with E-state index < -0.39 is 0 Å². The van der Waals surface area contributed by atoms with E-state index in [-0.39, 0.29) is 23.9 Å². The number of unbranched alkanes of at least 4 members (excludes halogenated alkanes) is 8. The lowest BCUT2D eigenvalue weighted by atomic mass is 9.97. The first-order valence-corrected chi connectivity index (χ1v) is 22.5. The SMILES string of the molecule is CCOC(=O)CCCCCc1cc(/C=C/I)cc(CCCCCC(=O)OCC)c1.CCOC(=O)CCCCCc1cc(C=O)cc(CCCCCC(=O)OCC)c1. The van der Waals surface area contributed by atoms with Crippen molar-refractivity contribution >= 4 is 58.8 Å². The highest BCUT2D eigenvalue weighted by atomic mass is 127. The van der Waals surface area contributed by atoms with Gasteiger partial charge in [-0.05, 0) is 155 Å². The van der Waals surface area contributed by atoms with Gasteiger partial charge in [0, 0.05) is 31.2 Å². The molecule has 2 aromatic carbocycles. The van der Waals surface area contributed by atoms with E-state index in [1.807, 2.05) is 43.9 Å². The van der Waals surface area contributed by atoms with Gasteiger partial charge in [0.25, 0.3) is 0 Å². The first-order valence-electron chi connectivity index (χ1n) is 21.3. The summed E-state index contributed by atoms with van der Waals surface area (Å²) in [5.74, 6) is -0.440. The number of hydrogen-bond acceptors (Lipinski definition) is 9. The number of ether oxygens (including phenoxy) is 4. The molecule has 0 aromatic heterocycles. The fourth-order valence-corrected chi connectivity index (χ4v) is 6.85. The van der Waals surface area contributed by atoms with Crippen molar-refractivity contribution in [2.75, 3.05) is 26.4 Å². The molecule has 0 bridgehead atoms. The van der Waals surface area contributed by atoms with Crippen LogP contribution < -0.4 is 0 Å². The van der Waals surface area contributed by atoms with E-state index in [1.165, 1.54) is 27.8 Å². The maximum absolute atomic E-state index is 11.4. The van der Waals surface area contributed by atoms with Crippen LogP contribution in [0.25, 0.3) is 6.08 Å². The van der Waals surface area contributed by atoms with Crippen LogP contribution in [-0.2, 0) is 63.8 Å². The molecule has 318 valence electrons. The summed E-state index contributed by atoms with van der Waals surface area (Å²) in [5.41, 5.74) is 7.00. The molecule has 0 aliphatic heterocycles. The van der Waals surface area contributed by atoms with Crippen LogP contribution in [0.1, 0.15) is 169 Å². The highest BCUT2D eigenvalue weighted by Crippen LogP contribution is 2.19. The van der Waals surface area contributed by atoms with Gasteiger partial charge in [-0.25, -0.2) is 0 Å². The summed E-state index contributed by atoms with van der Waals surface area (Å²) in [6.45, 7) is 9.10. The Morgan fingerprint density at radius 1 is 0.439 bits per heavy atom. The van der Waals surface area contributed by atoms with Crippen molar-refractivity contribution in [3.63, 3.8) is 0 Å². The van der Waals surface area contributed by atoms with Crippen molar-refractivity contribution in [1.82, 2.24) is 0 Å². The zero-order valence-corrected chi connectivity index (χ0v) is 37.4. The minimum Gasteiger partial charge on any atom is -0.466 e. The third-order valence-electron chi connectivity index (χ3n) is 9.15. The molecular formula is C47H69IO9. The van der Waals surface area contributed by atoms with Gasteiger partial charge >= 0.3 is 23.9 Å². The van der Waals surface area contributed by atoms with Crippen LogP contribution in [0, 0.1) is 0 Å². The van der Waals surface area contributed by atoms with Crippen LogP contribution in [-0.4, -0.2) is 56.6 Å². The minimum absolute atomic E-state index is 0.0908. The van der Waals surface area contributed by atoms with Crippen LogP contribution in [0.5, 0.6) is 0 Å². The van der Waals surface area contributed by atoms with E-state index in [9.17, 15) is 24.0 Å². The third-order valence-corrected chi connectivity index (χ3v) is 9.51. The molecule has 0 heterocycles. The van der Waals surface area contributed by atoms with Crippen molar-refractivity contribution in [3.8, 4) is 0 Å². The van der Waals surface area contributed by atoms with Gasteiger partial charge in [-0.3, -0.25) is 24.0 Å². The predicted octanol–water partition coefficient (Wildman–Crippen LogP) is 11.3. The van der Waals surface area contributed by atoms with Crippen molar-refractivity contribution in [1.29, 1.82) is 0 Å². The number of rotatable bonds is 30. The summed E-state index contributed by atoms with van der Waals surface area (Å²) in [6.07, 6.45) is 20.4. The molecule has 0 saturated carbocycles. The number of esters is 4. The average Bonchev–Trinajstić information content (AvgIpc) is 3.18. The molecule has 0 N–H and O–H groups in total. The quantitative estimate of drug-likeness (QED) is 0.0248. The number of benzene rings is 2. The molecule has 0 unspecified atom stereocenters. The Bertz CT molecular complexity index is 1380. The van der Waals surface area contributed by atoms with E-state index in [0.29, 0.717) is 57.7 Å². The zero-order chi connectivity index (χ0) is 41.9. The normalized spacial score (nSPS) is 10.8. The summed E-state index contributed by atoms with van der Waals surface area (Å²) in [4.78, 5) is 56.7. The van der Waals surface area contributed by atoms with Gasteiger partial charge in [-0.1, -0.05) is 72.5 Å². The largest absolute Gasteiger partial charge is 0.466 e. The monoisotopic (exact) mass is 904 g/mol. The molecule has 57 heavy (non-hydrogen) atoms. The second-order valence-corrected chi connectivity index (χ2v) is 14.8. The number of aldehydes is 1.